The number of nitrogens with zero attached hydrogens (tertiary/aromatic N) is 2. The molecule has 5 nitrogen and oxygen atoms in total. The number of nitrogens with one attached hydrogen (secondary N) is 1. The van der Waals surface area contributed by atoms with Gasteiger partial charge in [-0.2, -0.15) is 0 Å². The van der Waals surface area contributed by atoms with Gasteiger partial charge in [0.1, 0.15) is 5.01 Å². The van der Waals surface area contributed by atoms with Crippen molar-refractivity contribution < 1.29 is 8.42 Å². The molecule has 7 heteroatoms. The molecule has 0 aliphatic rings. The fraction of sp³-hybridized carbons (Fsp3) is 0.727. The Labute approximate surface area is 113 Å². The van der Waals surface area contributed by atoms with Crippen molar-refractivity contribution in [2.75, 3.05) is 25.9 Å². The number of hydrogen-bond donors (Lipinski definition) is 1. The zero-order valence-electron chi connectivity index (χ0n) is 11.1. The second-order valence-electron chi connectivity index (χ2n) is 4.15. The highest BCUT2D eigenvalue weighted by molar-refractivity contribution is 7.88. The molecule has 1 heterocycles. The molecule has 0 spiro atoms. The van der Waals surface area contributed by atoms with Crippen LogP contribution in [-0.2, 0) is 10.0 Å². The molecule has 1 N–H and O–H groups in total. The number of sulfonamides is 1. The molecular formula is C11H21N3O2S2. The summed E-state index contributed by atoms with van der Waals surface area (Å²) in [5.41, 5.74) is 0. The maximum absolute atomic E-state index is 11.4. The Morgan fingerprint density at radius 1 is 1.56 bits per heavy atom. The van der Waals surface area contributed by atoms with Gasteiger partial charge in [0.2, 0.25) is 10.0 Å². The zero-order chi connectivity index (χ0) is 13.6. The van der Waals surface area contributed by atoms with Gasteiger partial charge in [0.25, 0.3) is 0 Å². The van der Waals surface area contributed by atoms with Gasteiger partial charge in [0, 0.05) is 24.7 Å². The summed E-state index contributed by atoms with van der Waals surface area (Å²) in [5, 5.41) is 6.36. The molecule has 0 aromatic carbocycles. The predicted molar refractivity (Wildman–Crippen MR) is 75.2 cm³/mol. The van der Waals surface area contributed by atoms with Gasteiger partial charge in [0.05, 0.1) is 12.3 Å². The lowest BCUT2D eigenvalue weighted by atomic mass is 10.3. The Kier molecular flexibility index (Phi) is 6.20. The van der Waals surface area contributed by atoms with Crippen LogP contribution in [0.25, 0.3) is 0 Å². The van der Waals surface area contributed by atoms with Crippen molar-refractivity contribution in [3.63, 3.8) is 0 Å². The van der Waals surface area contributed by atoms with E-state index in [4.69, 9.17) is 0 Å². The largest absolute Gasteiger partial charge is 0.308 e. The first kappa shape index (κ1) is 15.6. The van der Waals surface area contributed by atoms with Crippen LogP contribution in [0.2, 0.25) is 0 Å². The Morgan fingerprint density at radius 3 is 2.78 bits per heavy atom. The van der Waals surface area contributed by atoms with Crippen LogP contribution in [0.3, 0.4) is 0 Å². The lowest BCUT2D eigenvalue weighted by Crippen LogP contribution is -2.32. The molecule has 0 saturated heterocycles. The molecule has 0 radical (unpaired) electrons. The Bertz CT molecular complexity index is 431. The van der Waals surface area contributed by atoms with E-state index < -0.39 is 10.0 Å². The number of rotatable bonds is 8. The van der Waals surface area contributed by atoms with E-state index in [0.717, 1.165) is 18.0 Å². The van der Waals surface area contributed by atoms with Gasteiger partial charge in [-0.05, 0) is 19.9 Å². The summed E-state index contributed by atoms with van der Waals surface area (Å²) in [4.78, 5) is 4.24. The minimum absolute atomic E-state index is 0.221. The Morgan fingerprint density at radius 2 is 2.28 bits per heavy atom. The van der Waals surface area contributed by atoms with Crippen molar-refractivity contribution in [1.82, 2.24) is 14.6 Å². The first-order valence-corrected chi connectivity index (χ1v) is 8.75. The normalized spacial score (nSPS) is 14.0. The van der Waals surface area contributed by atoms with Crippen LogP contribution >= 0.6 is 11.3 Å². The van der Waals surface area contributed by atoms with E-state index in [0.29, 0.717) is 13.1 Å². The van der Waals surface area contributed by atoms with Crippen molar-refractivity contribution in [2.45, 2.75) is 26.3 Å². The van der Waals surface area contributed by atoms with Crippen molar-refractivity contribution in [3.8, 4) is 0 Å². The highest BCUT2D eigenvalue weighted by Gasteiger charge is 2.13. The smallest absolute Gasteiger partial charge is 0.211 e. The minimum Gasteiger partial charge on any atom is -0.308 e. The topological polar surface area (TPSA) is 62.3 Å². The first-order chi connectivity index (χ1) is 8.45. The molecule has 0 bridgehead atoms. The third-order valence-corrected chi connectivity index (χ3v) is 5.02. The summed E-state index contributed by atoms with van der Waals surface area (Å²) in [7, 11) is -3.06. The highest BCUT2D eigenvalue weighted by atomic mass is 32.2. The van der Waals surface area contributed by atoms with Crippen molar-refractivity contribution >= 4 is 21.4 Å². The van der Waals surface area contributed by atoms with E-state index in [1.165, 1.54) is 10.6 Å². The molecule has 0 aliphatic carbocycles. The average molecular weight is 291 g/mol. The maximum atomic E-state index is 11.4. The third kappa shape index (κ3) is 5.01. The second-order valence-corrected chi connectivity index (χ2v) is 7.06. The standard InChI is InChI=1S/C11H21N3O2S2/c1-4-14(18(3,15)16)8-5-6-12-10(2)11-13-7-9-17-11/h7,9-10,12H,4-6,8H2,1-3H3. The molecule has 0 amide bonds. The molecule has 1 aromatic rings. The second kappa shape index (κ2) is 7.18. The first-order valence-electron chi connectivity index (χ1n) is 6.03. The summed E-state index contributed by atoms with van der Waals surface area (Å²) >= 11 is 1.62. The van der Waals surface area contributed by atoms with Crippen LogP contribution in [0, 0.1) is 0 Å². The molecular weight excluding hydrogens is 270 g/mol. The molecule has 1 rings (SSSR count). The van der Waals surface area contributed by atoms with Crippen LogP contribution in [0.1, 0.15) is 31.3 Å². The zero-order valence-corrected chi connectivity index (χ0v) is 12.7. The number of aromatic nitrogens is 1. The lowest BCUT2D eigenvalue weighted by molar-refractivity contribution is 0.413. The van der Waals surface area contributed by atoms with E-state index >= 15 is 0 Å². The Balaban J connectivity index is 2.26. The van der Waals surface area contributed by atoms with Gasteiger partial charge in [0.15, 0.2) is 0 Å². The minimum atomic E-state index is -3.06. The van der Waals surface area contributed by atoms with E-state index in [1.807, 2.05) is 12.3 Å². The van der Waals surface area contributed by atoms with Crippen molar-refractivity contribution in [2.24, 2.45) is 0 Å². The molecule has 1 aromatic heterocycles. The molecule has 104 valence electrons. The van der Waals surface area contributed by atoms with E-state index in [-0.39, 0.29) is 6.04 Å². The fourth-order valence-corrected chi connectivity index (χ4v) is 3.27. The van der Waals surface area contributed by atoms with Crippen LogP contribution in [0.15, 0.2) is 11.6 Å². The molecule has 1 atom stereocenters. The Hall–Kier alpha value is -0.500. The maximum Gasteiger partial charge on any atom is 0.211 e. The van der Waals surface area contributed by atoms with Gasteiger partial charge >= 0.3 is 0 Å². The summed E-state index contributed by atoms with van der Waals surface area (Å²) < 4.78 is 24.2. The van der Waals surface area contributed by atoms with Gasteiger partial charge < -0.3 is 5.32 Å². The van der Waals surface area contributed by atoms with Gasteiger partial charge in [-0.15, -0.1) is 11.3 Å². The van der Waals surface area contributed by atoms with E-state index in [9.17, 15) is 8.42 Å². The molecule has 18 heavy (non-hydrogen) atoms. The van der Waals surface area contributed by atoms with Crippen LogP contribution in [0.5, 0.6) is 0 Å². The van der Waals surface area contributed by atoms with Gasteiger partial charge in [-0.25, -0.2) is 17.7 Å². The van der Waals surface area contributed by atoms with E-state index in [1.54, 1.807) is 17.5 Å². The SMILES string of the molecule is CCN(CCCNC(C)c1nccs1)S(C)(=O)=O. The average Bonchev–Trinajstić information content (AvgIpc) is 2.80. The van der Waals surface area contributed by atoms with Gasteiger partial charge in [-0.3, -0.25) is 0 Å². The predicted octanol–water partition coefficient (Wildman–Crippen LogP) is 1.47. The molecule has 0 fully saturated rings. The third-order valence-electron chi connectivity index (χ3n) is 2.68. The lowest BCUT2D eigenvalue weighted by Gasteiger charge is -2.18. The fourth-order valence-electron chi connectivity index (χ4n) is 1.67. The van der Waals surface area contributed by atoms with Crippen molar-refractivity contribution in [3.05, 3.63) is 16.6 Å². The van der Waals surface area contributed by atoms with Crippen LogP contribution in [-0.4, -0.2) is 43.6 Å². The van der Waals surface area contributed by atoms with Gasteiger partial charge in [-0.1, -0.05) is 6.92 Å². The number of hydrogen-bond acceptors (Lipinski definition) is 5. The summed E-state index contributed by atoms with van der Waals surface area (Å²) in [6.45, 7) is 5.79. The van der Waals surface area contributed by atoms with Crippen LogP contribution < -0.4 is 5.32 Å². The van der Waals surface area contributed by atoms with Crippen LogP contribution in [0.4, 0.5) is 0 Å². The monoisotopic (exact) mass is 291 g/mol. The van der Waals surface area contributed by atoms with Crippen molar-refractivity contribution in [1.29, 1.82) is 0 Å². The molecule has 0 saturated carbocycles. The summed E-state index contributed by atoms with van der Waals surface area (Å²) in [5.74, 6) is 0. The highest BCUT2D eigenvalue weighted by Crippen LogP contribution is 2.14. The quantitative estimate of drug-likeness (QED) is 0.737. The summed E-state index contributed by atoms with van der Waals surface area (Å²) in [6, 6.07) is 0.221. The number of thiazole rings is 1. The van der Waals surface area contributed by atoms with E-state index in [2.05, 4.69) is 17.2 Å². The summed E-state index contributed by atoms with van der Waals surface area (Å²) in [6.07, 6.45) is 3.85. The molecule has 0 aliphatic heterocycles. The molecule has 1 unspecified atom stereocenters.